The first-order chi connectivity index (χ1) is 11.1. The Morgan fingerprint density at radius 1 is 1.29 bits per heavy atom. The molecule has 0 aromatic heterocycles. The SMILES string of the molecule is NC[C@@H]1CCCN(S(=O)(=O)c2ccc([N+](=O)[O-])cc2)[C@@H]1C(F)(F)F. The van der Waals surface area contributed by atoms with Crippen molar-refractivity contribution in [2.45, 2.75) is 30.0 Å². The molecule has 1 saturated heterocycles. The van der Waals surface area contributed by atoms with Gasteiger partial charge in [0.1, 0.15) is 6.04 Å². The van der Waals surface area contributed by atoms with Crippen molar-refractivity contribution in [3.63, 3.8) is 0 Å². The summed E-state index contributed by atoms with van der Waals surface area (Å²) in [6.07, 6.45) is -4.30. The Balaban J connectivity index is 2.43. The molecule has 0 unspecified atom stereocenters. The van der Waals surface area contributed by atoms with Crippen LogP contribution in [0.2, 0.25) is 0 Å². The molecule has 0 bridgehead atoms. The van der Waals surface area contributed by atoms with Crippen LogP contribution in [0.5, 0.6) is 0 Å². The number of rotatable bonds is 4. The highest BCUT2D eigenvalue weighted by atomic mass is 32.2. The lowest BCUT2D eigenvalue weighted by atomic mass is 9.90. The maximum absolute atomic E-state index is 13.4. The molecule has 1 aliphatic heterocycles. The van der Waals surface area contributed by atoms with E-state index in [1.807, 2.05) is 0 Å². The number of nitrogens with two attached hydrogens (primary N) is 1. The van der Waals surface area contributed by atoms with Crippen LogP contribution in [0.1, 0.15) is 12.8 Å². The predicted molar refractivity (Wildman–Crippen MR) is 78.6 cm³/mol. The maximum atomic E-state index is 13.4. The molecule has 24 heavy (non-hydrogen) atoms. The monoisotopic (exact) mass is 367 g/mol. The van der Waals surface area contributed by atoms with E-state index in [0.717, 1.165) is 24.3 Å². The van der Waals surface area contributed by atoms with Gasteiger partial charge in [-0.25, -0.2) is 8.42 Å². The van der Waals surface area contributed by atoms with E-state index in [1.54, 1.807) is 0 Å². The van der Waals surface area contributed by atoms with Crippen LogP contribution in [-0.2, 0) is 10.0 Å². The van der Waals surface area contributed by atoms with Crippen LogP contribution in [0, 0.1) is 16.0 Å². The van der Waals surface area contributed by atoms with Crippen molar-refractivity contribution in [1.29, 1.82) is 0 Å². The Labute approximate surface area is 136 Å². The Bertz CT molecular complexity index is 706. The number of nitro groups is 1. The molecule has 0 spiro atoms. The Kier molecular flexibility index (Phi) is 5.16. The lowest BCUT2D eigenvalue weighted by Gasteiger charge is -2.40. The molecule has 11 heteroatoms. The van der Waals surface area contributed by atoms with E-state index in [1.165, 1.54) is 0 Å². The molecule has 2 atom stereocenters. The molecule has 1 aromatic rings. The van der Waals surface area contributed by atoms with Crippen molar-refractivity contribution in [1.82, 2.24) is 4.31 Å². The molecule has 1 fully saturated rings. The van der Waals surface area contributed by atoms with Gasteiger partial charge in [0.05, 0.1) is 9.82 Å². The standard InChI is InChI=1S/C13H16F3N3O4S/c14-13(15,16)12-9(8-17)2-1-7-18(12)24(22,23)11-5-3-10(4-6-11)19(20)21/h3-6,9,12H,1-2,7-8,17H2/t9-,12-/m0/s1. The summed E-state index contributed by atoms with van der Waals surface area (Å²) in [4.78, 5) is 9.47. The first kappa shape index (κ1) is 18.6. The first-order valence-electron chi connectivity index (χ1n) is 7.12. The van der Waals surface area contributed by atoms with Crippen LogP contribution in [0.3, 0.4) is 0 Å². The van der Waals surface area contributed by atoms with Crippen LogP contribution in [0.4, 0.5) is 18.9 Å². The second-order valence-corrected chi connectivity index (χ2v) is 7.38. The molecule has 0 aliphatic carbocycles. The fraction of sp³-hybridized carbons (Fsp3) is 0.538. The van der Waals surface area contributed by atoms with E-state index < -0.39 is 38.0 Å². The average Bonchev–Trinajstić information content (AvgIpc) is 2.53. The van der Waals surface area contributed by atoms with Crippen molar-refractivity contribution >= 4 is 15.7 Å². The highest BCUT2D eigenvalue weighted by Crippen LogP contribution is 2.38. The molecular formula is C13H16F3N3O4S. The van der Waals surface area contributed by atoms with Crippen LogP contribution < -0.4 is 5.73 Å². The molecule has 134 valence electrons. The van der Waals surface area contributed by atoms with E-state index in [9.17, 15) is 31.7 Å². The number of sulfonamides is 1. The van der Waals surface area contributed by atoms with Crippen molar-refractivity contribution in [2.75, 3.05) is 13.1 Å². The van der Waals surface area contributed by atoms with Crippen molar-refractivity contribution in [2.24, 2.45) is 11.7 Å². The molecular weight excluding hydrogens is 351 g/mol. The summed E-state index contributed by atoms with van der Waals surface area (Å²) in [5.41, 5.74) is 5.04. The fourth-order valence-electron chi connectivity index (χ4n) is 2.86. The second kappa shape index (κ2) is 6.65. The summed E-state index contributed by atoms with van der Waals surface area (Å²) in [5.74, 6) is -1.02. The number of nitro benzene ring substituents is 1. The highest BCUT2D eigenvalue weighted by molar-refractivity contribution is 7.89. The Morgan fingerprint density at radius 3 is 2.33 bits per heavy atom. The smallest absolute Gasteiger partial charge is 0.330 e. The van der Waals surface area contributed by atoms with E-state index >= 15 is 0 Å². The molecule has 2 N–H and O–H groups in total. The van der Waals surface area contributed by atoms with Crippen LogP contribution in [0.15, 0.2) is 29.2 Å². The summed E-state index contributed by atoms with van der Waals surface area (Å²) in [7, 11) is -4.44. The zero-order chi connectivity index (χ0) is 18.1. The number of hydrogen-bond acceptors (Lipinski definition) is 5. The zero-order valence-corrected chi connectivity index (χ0v) is 13.3. The number of alkyl halides is 3. The van der Waals surface area contributed by atoms with Gasteiger partial charge in [0, 0.05) is 18.7 Å². The molecule has 7 nitrogen and oxygen atoms in total. The number of hydrogen-bond donors (Lipinski definition) is 1. The summed E-state index contributed by atoms with van der Waals surface area (Å²) in [6, 6.07) is 1.57. The highest BCUT2D eigenvalue weighted by Gasteiger charge is 2.53. The van der Waals surface area contributed by atoms with Crippen LogP contribution in [0.25, 0.3) is 0 Å². The third-order valence-corrected chi connectivity index (χ3v) is 5.90. The van der Waals surface area contributed by atoms with E-state index in [0.29, 0.717) is 4.31 Å². The van der Waals surface area contributed by atoms with Gasteiger partial charge in [0.15, 0.2) is 0 Å². The van der Waals surface area contributed by atoms with E-state index in [4.69, 9.17) is 5.73 Å². The molecule has 1 aromatic carbocycles. The van der Waals surface area contributed by atoms with Gasteiger partial charge in [-0.2, -0.15) is 17.5 Å². The molecule has 1 heterocycles. The largest absolute Gasteiger partial charge is 0.405 e. The van der Waals surface area contributed by atoms with Gasteiger partial charge in [-0.1, -0.05) is 0 Å². The predicted octanol–water partition coefficient (Wildman–Crippen LogP) is 1.89. The summed E-state index contributed by atoms with van der Waals surface area (Å²) in [6.45, 7) is -0.559. The third-order valence-electron chi connectivity index (χ3n) is 4.00. The summed E-state index contributed by atoms with van der Waals surface area (Å²) < 4.78 is 65.8. The van der Waals surface area contributed by atoms with E-state index in [2.05, 4.69) is 0 Å². The second-order valence-electron chi connectivity index (χ2n) is 5.49. The number of halogens is 3. The molecule has 0 radical (unpaired) electrons. The molecule has 1 aliphatic rings. The average molecular weight is 367 g/mol. The van der Waals surface area contributed by atoms with Gasteiger partial charge in [-0.3, -0.25) is 10.1 Å². The topological polar surface area (TPSA) is 107 Å². The van der Waals surface area contributed by atoms with Crippen molar-refractivity contribution in [3.05, 3.63) is 34.4 Å². The Hall–Kier alpha value is -1.72. The fourth-order valence-corrected chi connectivity index (χ4v) is 4.57. The van der Waals surface area contributed by atoms with Gasteiger partial charge >= 0.3 is 6.18 Å². The van der Waals surface area contributed by atoms with Crippen molar-refractivity contribution in [3.8, 4) is 0 Å². The quantitative estimate of drug-likeness (QED) is 0.646. The minimum Gasteiger partial charge on any atom is -0.330 e. The van der Waals surface area contributed by atoms with Crippen molar-refractivity contribution < 1.29 is 26.5 Å². The zero-order valence-electron chi connectivity index (χ0n) is 12.4. The minimum atomic E-state index is -4.75. The number of benzene rings is 1. The third kappa shape index (κ3) is 3.52. The number of piperidine rings is 1. The molecule has 0 amide bonds. The van der Waals surface area contributed by atoms with Crippen LogP contribution in [-0.4, -0.2) is 43.0 Å². The van der Waals surface area contributed by atoms with Crippen LogP contribution >= 0.6 is 0 Å². The van der Waals surface area contributed by atoms with Gasteiger partial charge < -0.3 is 5.73 Å². The van der Waals surface area contributed by atoms with Gasteiger partial charge in [-0.15, -0.1) is 0 Å². The summed E-state index contributed by atoms with van der Waals surface area (Å²) >= 11 is 0. The molecule has 2 rings (SSSR count). The van der Waals surface area contributed by atoms with Gasteiger partial charge in [0.2, 0.25) is 10.0 Å². The first-order valence-corrected chi connectivity index (χ1v) is 8.56. The summed E-state index contributed by atoms with van der Waals surface area (Å²) in [5, 5.41) is 10.6. The van der Waals surface area contributed by atoms with Gasteiger partial charge in [-0.05, 0) is 37.4 Å². The number of non-ortho nitro benzene ring substituents is 1. The maximum Gasteiger partial charge on any atom is 0.405 e. The van der Waals surface area contributed by atoms with E-state index in [-0.39, 0.29) is 31.6 Å². The Morgan fingerprint density at radius 2 is 1.88 bits per heavy atom. The minimum absolute atomic E-state index is 0.187. The normalized spacial score (nSPS) is 23.2. The number of nitrogens with zero attached hydrogens (tertiary/aromatic N) is 2. The molecule has 0 saturated carbocycles. The lowest BCUT2D eigenvalue weighted by Crippen LogP contribution is -2.57. The lowest BCUT2D eigenvalue weighted by molar-refractivity contribution is -0.384. The van der Waals surface area contributed by atoms with Gasteiger partial charge in [0.25, 0.3) is 5.69 Å².